The van der Waals surface area contributed by atoms with Crippen molar-refractivity contribution in [1.29, 1.82) is 0 Å². The molecule has 7 heteroatoms. The molecule has 1 amide bonds. The predicted molar refractivity (Wildman–Crippen MR) is 88.9 cm³/mol. The molecule has 1 aliphatic heterocycles. The predicted octanol–water partition coefficient (Wildman–Crippen LogP) is 3.47. The molecular weight excluding hydrogens is 314 g/mol. The third-order valence-electron chi connectivity index (χ3n) is 3.58. The van der Waals surface area contributed by atoms with Gasteiger partial charge in [0.1, 0.15) is 22.7 Å². The van der Waals surface area contributed by atoms with E-state index < -0.39 is 5.60 Å². The summed E-state index contributed by atoms with van der Waals surface area (Å²) < 4.78 is 12.4. The van der Waals surface area contributed by atoms with E-state index in [1.165, 1.54) is 6.33 Å². The zero-order valence-electron chi connectivity index (χ0n) is 13.6. The molecule has 3 heterocycles. The highest BCUT2D eigenvalue weighted by Gasteiger charge is 2.28. The molecule has 0 atom stereocenters. The fourth-order valence-electron chi connectivity index (χ4n) is 2.49. The SMILES string of the molecule is CC(C)(C)OC(=O)N1CCC(Oc2ncnc3ccsc23)CC1. The van der Waals surface area contributed by atoms with Crippen molar-refractivity contribution in [2.24, 2.45) is 0 Å². The van der Waals surface area contributed by atoms with E-state index >= 15 is 0 Å². The highest BCUT2D eigenvalue weighted by atomic mass is 32.1. The summed E-state index contributed by atoms with van der Waals surface area (Å²) in [6.45, 7) is 6.91. The molecule has 0 radical (unpaired) electrons. The average Bonchev–Trinajstić information content (AvgIpc) is 2.96. The van der Waals surface area contributed by atoms with Crippen molar-refractivity contribution in [3.63, 3.8) is 0 Å². The number of nitrogens with zero attached hydrogens (tertiary/aromatic N) is 3. The summed E-state index contributed by atoms with van der Waals surface area (Å²) in [5, 5.41) is 1.98. The van der Waals surface area contributed by atoms with Crippen LogP contribution in [0.25, 0.3) is 10.2 Å². The third kappa shape index (κ3) is 3.90. The Kier molecular flexibility index (Phi) is 4.39. The van der Waals surface area contributed by atoms with Crippen molar-refractivity contribution in [2.75, 3.05) is 13.1 Å². The third-order valence-corrected chi connectivity index (χ3v) is 4.47. The smallest absolute Gasteiger partial charge is 0.410 e. The van der Waals surface area contributed by atoms with Crippen molar-refractivity contribution < 1.29 is 14.3 Å². The Bertz CT molecular complexity index is 687. The highest BCUT2D eigenvalue weighted by Crippen LogP contribution is 2.29. The Morgan fingerprint density at radius 2 is 2.04 bits per heavy atom. The van der Waals surface area contributed by atoms with Crippen LogP contribution in [-0.2, 0) is 4.74 Å². The van der Waals surface area contributed by atoms with Crippen LogP contribution in [0.1, 0.15) is 33.6 Å². The minimum absolute atomic E-state index is 0.0638. The standard InChI is InChI=1S/C16H21N3O3S/c1-16(2,3)22-15(20)19-7-4-11(5-8-19)21-14-13-12(6-9-23-13)17-10-18-14/h6,9-11H,4-5,7-8H2,1-3H3. The first-order chi connectivity index (χ1) is 10.9. The average molecular weight is 335 g/mol. The maximum Gasteiger partial charge on any atom is 0.410 e. The molecule has 1 saturated heterocycles. The molecule has 1 fully saturated rings. The van der Waals surface area contributed by atoms with Gasteiger partial charge in [-0.2, -0.15) is 0 Å². The second-order valence-electron chi connectivity index (χ2n) is 6.60. The van der Waals surface area contributed by atoms with Crippen LogP contribution in [0.2, 0.25) is 0 Å². The lowest BCUT2D eigenvalue weighted by molar-refractivity contribution is 0.0124. The fraction of sp³-hybridized carbons (Fsp3) is 0.562. The van der Waals surface area contributed by atoms with Crippen LogP contribution < -0.4 is 4.74 Å². The molecular formula is C16H21N3O3S. The van der Waals surface area contributed by atoms with Gasteiger partial charge in [-0.25, -0.2) is 14.8 Å². The molecule has 0 aromatic carbocycles. The van der Waals surface area contributed by atoms with Gasteiger partial charge in [-0.3, -0.25) is 0 Å². The number of ether oxygens (including phenoxy) is 2. The van der Waals surface area contributed by atoms with E-state index in [9.17, 15) is 4.79 Å². The molecule has 6 nitrogen and oxygen atoms in total. The lowest BCUT2D eigenvalue weighted by Gasteiger charge is -2.33. The van der Waals surface area contributed by atoms with Gasteiger partial charge in [0.25, 0.3) is 0 Å². The first kappa shape index (κ1) is 16.0. The number of hydrogen-bond acceptors (Lipinski definition) is 6. The molecule has 2 aromatic rings. The zero-order valence-corrected chi connectivity index (χ0v) is 14.4. The number of carbonyl (C=O) groups is 1. The summed E-state index contributed by atoms with van der Waals surface area (Å²) in [4.78, 5) is 22.3. The molecule has 3 rings (SSSR count). The van der Waals surface area contributed by atoms with Crippen LogP contribution in [0.4, 0.5) is 4.79 Å². The molecule has 23 heavy (non-hydrogen) atoms. The summed E-state index contributed by atoms with van der Waals surface area (Å²) in [5.74, 6) is 0.640. The number of piperidine rings is 1. The number of aromatic nitrogens is 2. The molecule has 0 unspecified atom stereocenters. The fourth-order valence-corrected chi connectivity index (χ4v) is 3.27. The summed E-state index contributed by atoms with van der Waals surface area (Å²) in [5.41, 5.74) is 0.446. The van der Waals surface area contributed by atoms with E-state index in [1.807, 2.05) is 32.2 Å². The van der Waals surface area contributed by atoms with Crippen LogP contribution in [0.5, 0.6) is 5.88 Å². The zero-order chi connectivity index (χ0) is 16.4. The van der Waals surface area contributed by atoms with E-state index in [0.29, 0.717) is 19.0 Å². The molecule has 0 aliphatic carbocycles. The molecule has 0 saturated carbocycles. The van der Waals surface area contributed by atoms with Crippen molar-refractivity contribution in [3.8, 4) is 5.88 Å². The minimum Gasteiger partial charge on any atom is -0.473 e. The van der Waals surface area contributed by atoms with Gasteiger partial charge in [-0.15, -0.1) is 11.3 Å². The van der Waals surface area contributed by atoms with Gasteiger partial charge < -0.3 is 14.4 Å². The summed E-state index contributed by atoms with van der Waals surface area (Å²) in [6.07, 6.45) is 2.89. The Balaban J connectivity index is 1.57. The quantitative estimate of drug-likeness (QED) is 0.841. The van der Waals surface area contributed by atoms with Crippen LogP contribution in [0.3, 0.4) is 0 Å². The number of amides is 1. The van der Waals surface area contributed by atoms with E-state index in [-0.39, 0.29) is 12.2 Å². The summed E-state index contributed by atoms with van der Waals surface area (Å²) in [7, 11) is 0. The summed E-state index contributed by atoms with van der Waals surface area (Å²) >= 11 is 1.58. The van der Waals surface area contributed by atoms with Gasteiger partial charge in [0.2, 0.25) is 5.88 Å². The van der Waals surface area contributed by atoms with Gasteiger partial charge in [-0.1, -0.05) is 0 Å². The van der Waals surface area contributed by atoms with Crippen LogP contribution in [-0.4, -0.2) is 45.8 Å². The molecule has 2 aromatic heterocycles. The normalized spacial score (nSPS) is 16.6. The maximum absolute atomic E-state index is 12.1. The van der Waals surface area contributed by atoms with Gasteiger partial charge in [-0.05, 0) is 32.2 Å². The Morgan fingerprint density at radius 3 is 2.74 bits per heavy atom. The Labute approximate surface area is 139 Å². The van der Waals surface area contributed by atoms with Crippen molar-refractivity contribution >= 4 is 27.6 Å². The van der Waals surface area contributed by atoms with Gasteiger partial charge in [0.05, 0.1) is 5.52 Å². The minimum atomic E-state index is -0.462. The van der Waals surface area contributed by atoms with E-state index in [4.69, 9.17) is 9.47 Å². The van der Waals surface area contributed by atoms with Crippen LogP contribution in [0, 0.1) is 0 Å². The van der Waals surface area contributed by atoms with E-state index in [2.05, 4.69) is 9.97 Å². The largest absolute Gasteiger partial charge is 0.473 e. The molecule has 0 N–H and O–H groups in total. The van der Waals surface area contributed by atoms with E-state index in [1.54, 1.807) is 16.2 Å². The number of hydrogen-bond donors (Lipinski definition) is 0. The van der Waals surface area contributed by atoms with Crippen molar-refractivity contribution in [2.45, 2.75) is 45.3 Å². The number of rotatable bonds is 2. The molecule has 1 aliphatic rings. The van der Waals surface area contributed by atoms with Crippen molar-refractivity contribution in [3.05, 3.63) is 17.8 Å². The Morgan fingerprint density at radius 1 is 1.30 bits per heavy atom. The monoisotopic (exact) mass is 335 g/mol. The first-order valence-electron chi connectivity index (χ1n) is 7.75. The van der Waals surface area contributed by atoms with Gasteiger partial charge in [0, 0.05) is 25.9 Å². The highest BCUT2D eigenvalue weighted by molar-refractivity contribution is 7.17. The van der Waals surface area contributed by atoms with Crippen LogP contribution in [0.15, 0.2) is 17.8 Å². The molecule has 0 spiro atoms. The van der Waals surface area contributed by atoms with Gasteiger partial charge in [0.15, 0.2) is 0 Å². The second-order valence-corrected chi connectivity index (χ2v) is 7.51. The second kappa shape index (κ2) is 6.31. The number of carbonyl (C=O) groups excluding carboxylic acids is 1. The van der Waals surface area contributed by atoms with Gasteiger partial charge >= 0.3 is 6.09 Å². The number of thiophene rings is 1. The lowest BCUT2D eigenvalue weighted by atomic mass is 10.1. The number of fused-ring (bicyclic) bond motifs is 1. The van der Waals surface area contributed by atoms with Crippen molar-refractivity contribution in [1.82, 2.24) is 14.9 Å². The maximum atomic E-state index is 12.1. The van der Waals surface area contributed by atoms with E-state index in [0.717, 1.165) is 23.1 Å². The Hall–Kier alpha value is -1.89. The summed E-state index contributed by atoms with van der Waals surface area (Å²) in [6, 6.07) is 1.96. The lowest BCUT2D eigenvalue weighted by Crippen LogP contribution is -2.44. The molecule has 124 valence electrons. The number of likely N-dealkylation sites (tertiary alicyclic amines) is 1. The topological polar surface area (TPSA) is 64.5 Å². The van der Waals surface area contributed by atoms with Crippen LogP contribution >= 0.6 is 11.3 Å². The first-order valence-corrected chi connectivity index (χ1v) is 8.63. The molecule has 0 bridgehead atoms.